The number of carbonyl (C=O) groups excluding carboxylic acids is 2. The largest absolute Gasteiger partial charge is 0.495 e. The van der Waals surface area contributed by atoms with Crippen LogP contribution >= 0.6 is 11.6 Å². The maximum absolute atomic E-state index is 12.7. The van der Waals surface area contributed by atoms with Crippen molar-refractivity contribution in [3.8, 4) is 5.75 Å². The van der Waals surface area contributed by atoms with Gasteiger partial charge in [0.25, 0.3) is 0 Å². The Balaban J connectivity index is 1.68. The fourth-order valence-corrected chi connectivity index (χ4v) is 4.41. The van der Waals surface area contributed by atoms with E-state index in [1.807, 2.05) is 4.90 Å². The fraction of sp³-hybridized carbons (Fsp3) is 0.600. The zero-order valence-electron chi connectivity index (χ0n) is 15.6. The third-order valence-corrected chi connectivity index (χ3v) is 6.25. The molecule has 1 saturated heterocycles. The monoisotopic (exact) mass is 378 g/mol. The van der Waals surface area contributed by atoms with E-state index in [1.54, 1.807) is 25.3 Å². The summed E-state index contributed by atoms with van der Waals surface area (Å²) in [5.74, 6) is 1.24. The number of likely N-dealkylation sites (tertiary alicyclic amines) is 1. The van der Waals surface area contributed by atoms with Crippen LogP contribution in [0, 0.1) is 17.8 Å². The van der Waals surface area contributed by atoms with Crippen molar-refractivity contribution in [2.24, 2.45) is 17.8 Å². The van der Waals surface area contributed by atoms with E-state index < -0.39 is 0 Å². The van der Waals surface area contributed by atoms with Gasteiger partial charge in [0, 0.05) is 24.0 Å². The SMILES string of the molecule is COc1ccc(Cl)cc1NC(=O)[C@@H]1CC(=O)N([C@H]2CCC[C@@H](C)[C@H]2C)C1. The van der Waals surface area contributed by atoms with Gasteiger partial charge in [0.15, 0.2) is 0 Å². The quantitative estimate of drug-likeness (QED) is 0.862. The predicted octanol–water partition coefficient (Wildman–Crippen LogP) is 3.96. The number of hydrogen-bond donors (Lipinski definition) is 1. The molecule has 0 aromatic heterocycles. The van der Waals surface area contributed by atoms with Gasteiger partial charge in [-0.2, -0.15) is 0 Å². The van der Waals surface area contributed by atoms with Crippen LogP contribution in [-0.2, 0) is 9.59 Å². The van der Waals surface area contributed by atoms with Crippen LogP contribution < -0.4 is 10.1 Å². The Labute approximate surface area is 160 Å². The van der Waals surface area contributed by atoms with E-state index in [0.717, 1.165) is 12.8 Å². The van der Waals surface area contributed by atoms with Crippen molar-refractivity contribution in [1.82, 2.24) is 4.90 Å². The van der Waals surface area contributed by atoms with Gasteiger partial charge in [0.1, 0.15) is 5.75 Å². The highest BCUT2D eigenvalue weighted by molar-refractivity contribution is 6.31. The fourth-order valence-electron chi connectivity index (χ4n) is 4.23. The molecular formula is C20H27ClN2O3. The van der Waals surface area contributed by atoms with Gasteiger partial charge in [-0.15, -0.1) is 0 Å². The first-order valence-corrected chi connectivity index (χ1v) is 9.72. The molecule has 1 saturated carbocycles. The molecule has 3 rings (SSSR count). The number of ether oxygens (including phenoxy) is 1. The highest BCUT2D eigenvalue weighted by Gasteiger charge is 2.41. The summed E-state index contributed by atoms with van der Waals surface area (Å²) >= 11 is 6.03. The molecule has 1 aliphatic carbocycles. The molecule has 2 fully saturated rings. The predicted molar refractivity (Wildman–Crippen MR) is 102 cm³/mol. The van der Waals surface area contributed by atoms with Gasteiger partial charge in [-0.25, -0.2) is 0 Å². The summed E-state index contributed by atoms with van der Waals surface area (Å²) in [7, 11) is 1.55. The highest BCUT2D eigenvalue weighted by Crippen LogP contribution is 2.36. The molecule has 1 N–H and O–H groups in total. The molecule has 5 nitrogen and oxygen atoms in total. The number of halogens is 1. The Bertz CT molecular complexity index is 694. The molecule has 1 aromatic rings. The molecule has 26 heavy (non-hydrogen) atoms. The Morgan fingerprint density at radius 2 is 2.08 bits per heavy atom. The van der Waals surface area contributed by atoms with Crippen molar-refractivity contribution in [3.05, 3.63) is 23.2 Å². The van der Waals surface area contributed by atoms with Gasteiger partial charge in [-0.05, 0) is 36.5 Å². The standard InChI is InChI=1S/C20H27ClN2O3/c1-12-5-4-6-17(13(12)2)23-11-14(9-19(23)24)20(25)22-16-10-15(21)7-8-18(16)26-3/h7-8,10,12-14,17H,4-6,9,11H2,1-3H3,(H,22,25)/t12-,13-,14-,17+/m1/s1. The van der Waals surface area contributed by atoms with Gasteiger partial charge in [-0.1, -0.05) is 38.3 Å². The third kappa shape index (κ3) is 3.83. The van der Waals surface area contributed by atoms with Gasteiger partial charge < -0.3 is 15.0 Å². The molecule has 0 unspecified atom stereocenters. The van der Waals surface area contributed by atoms with Crippen LogP contribution in [0.4, 0.5) is 5.69 Å². The maximum Gasteiger partial charge on any atom is 0.229 e. The summed E-state index contributed by atoms with van der Waals surface area (Å²) < 4.78 is 5.28. The minimum absolute atomic E-state index is 0.0918. The van der Waals surface area contributed by atoms with Crippen LogP contribution in [0.2, 0.25) is 5.02 Å². The summed E-state index contributed by atoms with van der Waals surface area (Å²) in [6.45, 7) is 4.98. The Morgan fingerprint density at radius 1 is 1.31 bits per heavy atom. The van der Waals surface area contributed by atoms with Crippen molar-refractivity contribution in [3.63, 3.8) is 0 Å². The van der Waals surface area contributed by atoms with E-state index in [-0.39, 0.29) is 30.2 Å². The number of carbonyl (C=O) groups is 2. The topological polar surface area (TPSA) is 58.6 Å². The van der Waals surface area contributed by atoms with E-state index in [1.165, 1.54) is 6.42 Å². The maximum atomic E-state index is 12.7. The smallest absolute Gasteiger partial charge is 0.229 e. The molecule has 2 aliphatic rings. The van der Waals surface area contributed by atoms with Crippen molar-refractivity contribution in [1.29, 1.82) is 0 Å². The van der Waals surface area contributed by atoms with E-state index in [9.17, 15) is 9.59 Å². The molecule has 2 amide bonds. The Morgan fingerprint density at radius 3 is 2.81 bits per heavy atom. The summed E-state index contributed by atoms with van der Waals surface area (Å²) in [5, 5.41) is 3.40. The van der Waals surface area contributed by atoms with Crippen LogP contribution in [0.3, 0.4) is 0 Å². The normalized spacial score (nSPS) is 28.9. The van der Waals surface area contributed by atoms with Crippen LogP contribution in [0.5, 0.6) is 5.75 Å². The first kappa shape index (κ1) is 19.0. The minimum Gasteiger partial charge on any atom is -0.495 e. The number of hydrogen-bond acceptors (Lipinski definition) is 3. The molecule has 1 aromatic carbocycles. The van der Waals surface area contributed by atoms with E-state index >= 15 is 0 Å². The molecule has 1 heterocycles. The first-order chi connectivity index (χ1) is 12.4. The van der Waals surface area contributed by atoms with Crippen molar-refractivity contribution in [2.75, 3.05) is 19.0 Å². The lowest BCUT2D eigenvalue weighted by Crippen LogP contribution is -2.45. The Hall–Kier alpha value is -1.75. The number of amides is 2. The second-order valence-electron chi connectivity index (χ2n) is 7.62. The number of anilines is 1. The van der Waals surface area contributed by atoms with Crippen molar-refractivity contribution in [2.45, 2.75) is 45.6 Å². The van der Waals surface area contributed by atoms with Gasteiger partial charge in [0.2, 0.25) is 11.8 Å². The van der Waals surface area contributed by atoms with Crippen LogP contribution in [0.1, 0.15) is 39.5 Å². The molecule has 4 atom stereocenters. The second-order valence-corrected chi connectivity index (χ2v) is 8.05. The lowest BCUT2D eigenvalue weighted by molar-refractivity contribution is -0.131. The van der Waals surface area contributed by atoms with E-state index in [2.05, 4.69) is 19.2 Å². The van der Waals surface area contributed by atoms with E-state index in [4.69, 9.17) is 16.3 Å². The number of methoxy groups -OCH3 is 1. The minimum atomic E-state index is -0.337. The average Bonchev–Trinajstić information content (AvgIpc) is 2.99. The van der Waals surface area contributed by atoms with Gasteiger partial charge in [0.05, 0.1) is 18.7 Å². The molecular weight excluding hydrogens is 352 g/mol. The summed E-state index contributed by atoms with van der Waals surface area (Å²) in [6, 6.07) is 5.35. The highest BCUT2D eigenvalue weighted by atomic mass is 35.5. The van der Waals surface area contributed by atoms with Crippen LogP contribution in [0.15, 0.2) is 18.2 Å². The summed E-state index contributed by atoms with van der Waals surface area (Å²) in [6.07, 6.45) is 3.68. The summed E-state index contributed by atoms with van der Waals surface area (Å²) in [4.78, 5) is 27.2. The molecule has 0 radical (unpaired) electrons. The second kappa shape index (κ2) is 7.87. The zero-order chi connectivity index (χ0) is 18.8. The zero-order valence-corrected chi connectivity index (χ0v) is 16.4. The molecule has 1 aliphatic heterocycles. The average molecular weight is 379 g/mol. The lowest BCUT2D eigenvalue weighted by atomic mass is 9.77. The number of nitrogens with one attached hydrogen (secondary N) is 1. The van der Waals surface area contributed by atoms with Crippen LogP contribution in [-0.4, -0.2) is 36.4 Å². The van der Waals surface area contributed by atoms with Crippen molar-refractivity contribution < 1.29 is 14.3 Å². The number of rotatable bonds is 4. The van der Waals surface area contributed by atoms with Crippen molar-refractivity contribution >= 4 is 29.1 Å². The molecule has 6 heteroatoms. The van der Waals surface area contributed by atoms with Crippen LogP contribution in [0.25, 0.3) is 0 Å². The lowest BCUT2D eigenvalue weighted by Gasteiger charge is -2.40. The van der Waals surface area contributed by atoms with Gasteiger partial charge in [-0.3, -0.25) is 9.59 Å². The first-order valence-electron chi connectivity index (χ1n) is 9.34. The third-order valence-electron chi connectivity index (χ3n) is 6.01. The van der Waals surface area contributed by atoms with E-state index in [0.29, 0.717) is 34.8 Å². The molecule has 0 bridgehead atoms. The summed E-state index contributed by atoms with van der Waals surface area (Å²) in [5.41, 5.74) is 0.538. The number of nitrogens with zero attached hydrogens (tertiary/aromatic N) is 1. The molecule has 0 spiro atoms. The molecule has 142 valence electrons. The number of benzene rings is 1. The Kier molecular flexibility index (Phi) is 5.76. The van der Waals surface area contributed by atoms with Gasteiger partial charge >= 0.3 is 0 Å².